The highest BCUT2D eigenvalue weighted by Crippen LogP contribution is 2.20. The van der Waals surface area contributed by atoms with Crippen molar-refractivity contribution < 1.29 is 9.59 Å². The average Bonchev–Trinajstić information content (AvgIpc) is 2.99. The zero-order valence-corrected chi connectivity index (χ0v) is 17.0. The van der Waals surface area contributed by atoms with E-state index in [0.29, 0.717) is 17.0 Å². The quantitative estimate of drug-likeness (QED) is 0.746. The maximum atomic E-state index is 12.7. The fourth-order valence-electron chi connectivity index (χ4n) is 3.25. The van der Waals surface area contributed by atoms with Crippen LogP contribution in [-0.4, -0.2) is 70.3 Å². The second-order valence-electron chi connectivity index (χ2n) is 6.94. The van der Waals surface area contributed by atoms with E-state index in [0.717, 1.165) is 25.7 Å². The molecule has 2 amide bonds. The lowest BCUT2D eigenvalue weighted by atomic mass is 9.98. The molecule has 1 fully saturated rings. The van der Waals surface area contributed by atoms with Gasteiger partial charge in [0.1, 0.15) is 4.60 Å². The van der Waals surface area contributed by atoms with Crippen LogP contribution >= 0.6 is 15.9 Å². The van der Waals surface area contributed by atoms with Crippen molar-refractivity contribution in [3.8, 4) is 0 Å². The first-order chi connectivity index (χ1) is 11.8. The Morgan fingerprint density at radius 2 is 2.20 bits per heavy atom. The minimum atomic E-state index is -0.130. The van der Waals surface area contributed by atoms with E-state index in [1.807, 2.05) is 25.9 Å². The first kappa shape index (κ1) is 19.9. The van der Waals surface area contributed by atoms with Crippen molar-refractivity contribution in [3.05, 3.63) is 16.6 Å². The molecule has 2 N–H and O–H groups in total. The number of rotatable bonds is 6. The zero-order chi connectivity index (χ0) is 18.6. The number of hydrogen-bond donors (Lipinski definition) is 2. The number of nitrogens with zero attached hydrogens (tertiary/aromatic N) is 3. The summed E-state index contributed by atoms with van der Waals surface area (Å²) in [6.45, 7) is 4.62. The van der Waals surface area contributed by atoms with E-state index < -0.39 is 0 Å². The number of amides is 2. The van der Waals surface area contributed by atoms with Crippen molar-refractivity contribution in [3.63, 3.8) is 0 Å². The second-order valence-corrected chi connectivity index (χ2v) is 7.79. The Bertz CT molecular complexity index is 604. The Morgan fingerprint density at radius 1 is 1.48 bits per heavy atom. The van der Waals surface area contributed by atoms with Gasteiger partial charge < -0.3 is 15.2 Å². The van der Waals surface area contributed by atoms with Crippen LogP contribution in [0, 0.1) is 0 Å². The zero-order valence-electron chi connectivity index (χ0n) is 15.4. The summed E-state index contributed by atoms with van der Waals surface area (Å²) in [5, 5.41) is 3.13. The molecule has 1 aliphatic rings. The third-order valence-corrected chi connectivity index (χ3v) is 5.13. The number of nitrogens with one attached hydrogen (secondary N) is 2. The predicted octanol–water partition coefficient (Wildman–Crippen LogP) is 2.01. The number of likely N-dealkylation sites (tertiary alicyclic amines) is 1. The predicted molar refractivity (Wildman–Crippen MR) is 100 cm³/mol. The van der Waals surface area contributed by atoms with Gasteiger partial charge in [0, 0.05) is 18.6 Å². The number of imidazole rings is 1. The number of carbonyl (C=O) groups excluding carboxylic acids is 2. The molecule has 0 spiro atoms. The highest BCUT2D eigenvalue weighted by molar-refractivity contribution is 9.10. The minimum Gasteiger partial charge on any atom is -0.350 e. The van der Waals surface area contributed by atoms with Crippen molar-refractivity contribution in [1.82, 2.24) is 25.1 Å². The van der Waals surface area contributed by atoms with Crippen LogP contribution in [0.5, 0.6) is 0 Å². The van der Waals surface area contributed by atoms with Gasteiger partial charge in [-0.3, -0.25) is 14.5 Å². The van der Waals surface area contributed by atoms with Crippen molar-refractivity contribution >= 4 is 27.7 Å². The lowest BCUT2D eigenvalue weighted by Crippen LogP contribution is -2.55. The van der Waals surface area contributed by atoms with Gasteiger partial charge in [-0.2, -0.15) is 0 Å². The van der Waals surface area contributed by atoms with Gasteiger partial charge in [0.2, 0.25) is 5.91 Å². The maximum absolute atomic E-state index is 12.7. The van der Waals surface area contributed by atoms with Crippen molar-refractivity contribution in [2.24, 2.45) is 0 Å². The summed E-state index contributed by atoms with van der Waals surface area (Å²) in [5.41, 5.74) is 0. The minimum absolute atomic E-state index is 0.0228. The van der Waals surface area contributed by atoms with Gasteiger partial charge in [0.15, 0.2) is 5.82 Å². The first-order valence-electron chi connectivity index (χ1n) is 8.81. The summed E-state index contributed by atoms with van der Waals surface area (Å²) >= 11 is 3.28. The van der Waals surface area contributed by atoms with Crippen LogP contribution < -0.4 is 5.32 Å². The molecule has 2 rings (SSSR count). The summed E-state index contributed by atoms with van der Waals surface area (Å²) in [4.78, 5) is 36.0. The molecule has 8 heteroatoms. The van der Waals surface area contributed by atoms with E-state index in [-0.39, 0.29) is 29.9 Å². The highest BCUT2D eigenvalue weighted by atomic mass is 79.9. The molecule has 0 saturated carbocycles. The SMILES string of the molecule is CCC[C@@H](C(=O)N[C@@H]1CC[C@@H](C)N(C(=O)c2ncc(Br)[nH]2)C1)N(C)C. The molecule has 140 valence electrons. The molecule has 2 heterocycles. The number of carbonyl (C=O) groups is 2. The molecule has 1 aromatic rings. The van der Waals surface area contributed by atoms with Gasteiger partial charge in [-0.05, 0) is 56.2 Å². The van der Waals surface area contributed by atoms with Gasteiger partial charge in [-0.15, -0.1) is 0 Å². The van der Waals surface area contributed by atoms with Crippen LogP contribution in [0.1, 0.15) is 50.1 Å². The molecule has 25 heavy (non-hydrogen) atoms. The Kier molecular flexibility index (Phi) is 7.01. The number of piperidine rings is 1. The van der Waals surface area contributed by atoms with Crippen molar-refractivity contribution in [2.75, 3.05) is 20.6 Å². The molecule has 1 aromatic heterocycles. The Labute approximate surface area is 157 Å². The van der Waals surface area contributed by atoms with E-state index in [9.17, 15) is 9.59 Å². The molecule has 3 atom stereocenters. The number of likely N-dealkylation sites (N-methyl/N-ethyl adjacent to an activating group) is 1. The van der Waals surface area contributed by atoms with Crippen LogP contribution in [0.4, 0.5) is 0 Å². The molecule has 7 nitrogen and oxygen atoms in total. The van der Waals surface area contributed by atoms with Crippen LogP contribution in [0.3, 0.4) is 0 Å². The topological polar surface area (TPSA) is 81.3 Å². The first-order valence-corrected chi connectivity index (χ1v) is 9.61. The third kappa shape index (κ3) is 5.04. The number of H-pyrrole nitrogens is 1. The molecular weight excluding hydrogens is 386 g/mol. The van der Waals surface area contributed by atoms with E-state index in [1.165, 1.54) is 0 Å². The highest BCUT2D eigenvalue weighted by Gasteiger charge is 2.32. The molecule has 0 radical (unpaired) electrons. The molecule has 0 bridgehead atoms. The van der Waals surface area contributed by atoms with Gasteiger partial charge in [-0.25, -0.2) is 4.98 Å². The van der Waals surface area contributed by atoms with Crippen LogP contribution in [0.25, 0.3) is 0 Å². The van der Waals surface area contributed by atoms with Crippen LogP contribution in [0.15, 0.2) is 10.8 Å². The van der Waals surface area contributed by atoms with Gasteiger partial charge in [-0.1, -0.05) is 13.3 Å². The Morgan fingerprint density at radius 3 is 2.76 bits per heavy atom. The Hall–Kier alpha value is -1.41. The fourth-order valence-corrected chi connectivity index (χ4v) is 3.54. The number of hydrogen-bond acceptors (Lipinski definition) is 4. The fraction of sp³-hybridized carbons (Fsp3) is 0.706. The Balaban J connectivity index is 2.01. The monoisotopic (exact) mass is 413 g/mol. The summed E-state index contributed by atoms with van der Waals surface area (Å²) in [6, 6.07) is -0.0234. The maximum Gasteiger partial charge on any atom is 0.289 e. The summed E-state index contributed by atoms with van der Waals surface area (Å²) in [7, 11) is 3.85. The lowest BCUT2D eigenvalue weighted by molar-refractivity contribution is -0.127. The number of halogens is 1. The second kappa shape index (κ2) is 8.80. The molecule has 0 aromatic carbocycles. The number of aromatic nitrogens is 2. The van der Waals surface area contributed by atoms with E-state index in [4.69, 9.17) is 0 Å². The van der Waals surface area contributed by atoms with Gasteiger partial charge in [0.25, 0.3) is 5.91 Å². The molecule has 1 saturated heterocycles. The van der Waals surface area contributed by atoms with E-state index in [2.05, 4.69) is 38.1 Å². The van der Waals surface area contributed by atoms with Crippen LogP contribution in [-0.2, 0) is 4.79 Å². The van der Waals surface area contributed by atoms with E-state index >= 15 is 0 Å². The molecular formula is C17H28BrN5O2. The lowest BCUT2D eigenvalue weighted by Gasteiger charge is -2.38. The van der Waals surface area contributed by atoms with Crippen molar-refractivity contribution in [1.29, 1.82) is 0 Å². The summed E-state index contributed by atoms with van der Waals surface area (Å²) in [6.07, 6.45) is 5.10. The third-order valence-electron chi connectivity index (χ3n) is 4.72. The smallest absolute Gasteiger partial charge is 0.289 e. The average molecular weight is 414 g/mol. The normalized spacial score (nSPS) is 22.1. The summed E-state index contributed by atoms with van der Waals surface area (Å²) < 4.78 is 0.679. The molecule has 0 unspecified atom stereocenters. The van der Waals surface area contributed by atoms with Crippen LogP contribution in [0.2, 0.25) is 0 Å². The van der Waals surface area contributed by atoms with Gasteiger partial charge >= 0.3 is 0 Å². The van der Waals surface area contributed by atoms with Crippen molar-refractivity contribution in [2.45, 2.75) is 57.7 Å². The molecule has 0 aliphatic carbocycles. The largest absolute Gasteiger partial charge is 0.350 e. The van der Waals surface area contributed by atoms with E-state index in [1.54, 1.807) is 11.1 Å². The van der Waals surface area contributed by atoms with Gasteiger partial charge in [0.05, 0.1) is 12.2 Å². The summed E-state index contributed by atoms with van der Waals surface area (Å²) in [5.74, 6) is 0.234. The standard InChI is InChI=1S/C17H28BrN5O2/c1-5-6-13(22(3)4)16(24)20-12-8-7-11(2)23(10-12)17(25)15-19-9-14(18)21-15/h9,11-13H,5-8,10H2,1-4H3,(H,19,21)(H,20,24)/t11-,12-,13+/m1/s1. The number of aromatic amines is 1. The molecule has 1 aliphatic heterocycles.